The number of aromatic nitrogens is 1. The summed E-state index contributed by atoms with van der Waals surface area (Å²) in [7, 11) is 1.74. The highest BCUT2D eigenvalue weighted by atomic mass is 16.4. The van der Waals surface area contributed by atoms with E-state index in [2.05, 4.69) is 4.98 Å². The van der Waals surface area contributed by atoms with Gasteiger partial charge in [-0.15, -0.1) is 0 Å². The van der Waals surface area contributed by atoms with Gasteiger partial charge in [-0.05, 0) is 19.9 Å². The number of likely N-dealkylation sites (N-methyl/N-ethyl adjacent to an activating group) is 1. The molecule has 0 radical (unpaired) electrons. The maximum Gasteiger partial charge on any atom is 0.339 e. The Bertz CT molecular complexity index is 391. The van der Waals surface area contributed by atoms with E-state index in [1.54, 1.807) is 31.9 Å². The van der Waals surface area contributed by atoms with Gasteiger partial charge >= 0.3 is 5.97 Å². The lowest BCUT2D eigenvalue weighted by Gasteiger charge is -2.22. The molecule has 88 valence electrons. The number of hydrogen-bond donors (Lipinski definition) is 2. The average Bonchev–Trinajstić information content (AvgIpc) is 2.15. The Morgan fingerprint density at radius 2 is 2.25 bits per heavy atom. The molecule has 0 aliphatic carbocycles. The number of carboxylic acids is 1. The summed E-state index contributed by atoms with van der Waals surface area (Å²) in [6.45, 7) is 3.83. The van der Waals surface area contributed by atoms with Crippen molar-refractivity contribution in [3.63, 3.8) is 0 Å². The molecular weight excluding hydrogens is 208 g/mol. The number of hydrogen-bond acceptors (Lipinski definition) is 4. The minimum atomic E-state index is -1.01. The molecule has 0 fully saturated rings. The van der Waals surface area contributed by atoms with Crippen molar-refractivity contribution < 1.29 is 15.0 Å². The van der Waals surface area contributed by atoms with Crippen molar-refractivity contribution in [1.82, 2.24) is 4.98 Å². The van der Waals surface area contributed by atoms with Crippen molar-refractivity contribution in [2.75, 3.05) is 18.5 Å². The Morgan fingerprint density at radius 3 is 2.75 bits per heavy atom. The molecule has 5 heteroatoms. The van der Waals surface area contributed by atoms with Gasteiger partial charge in [-0.2, -0.15) is 0 Å². The maximum absolute atomic E-state index is 11.0. The van der Waals surface area contributed by atoms with Crippen LogP contribution in [0.5, 0.6) is 0 Å². The Hall–Kier alpha value is -1.62. The SMILES string of the molecule is Cc1cc(N(C)CC(C)O)c(C(=O)O)cn1. The number of rotatable bonds is 4. The third-order valence-corrected chi connectivity index (χ3v) is 2.20. The monoisotopic (exact) mass is 224 g/mol. The molecule has 2 N–H and O–H groups in total. The second-order valence-electron chi connectivity index (χ2n) is 3.88. The third kappa shape index (κ3) is 2.93. The zero-order chi connectivity index (χ0) is 12.3. The molecule has 1 aromatic rings. The Kier molecular flexibility index (Phi) is 3.84. The fourth-order valence-corrected chi connectivity index (χ4v) is 1.52. The first-order valence-electron chi connectivity index (χ1n) is 5.01. The number of nitrogens with zero attached hydrogens (tertiary/aromatic N) is 2. The first kappa shape index (κ1) is 12.4. The minimum absolute atomic E-state index is 0.147. The Balaban J connectivity index is 3.09. The van der Waals surface area contributed by atoms with Crippen LogP contribution in [-0.2, 0) is 0 Å². The molecule has 0 amide bonds. The molecule has 0 aliphatic rings. The summed E-state index contributed by atoms with van der Waals surface area (Å²) >= 11 is 0. The van der Waals surface area contributed by atoms with Crippen LogP contribution in [0.1, 0.15) is 23.0 Å². The second-order valence-corrected chi connectivity index (χ2v) is 3.88. The zero-order valence-corrected chi connectivity index (χ0v) is 9.64. The summed E-state index contributed by atoms with van der Waals surface area (Å²) in [5.74, 6) is -1.01. The van der Waals surface area contributed by atoms with Gasteiger partial charge in [0, 0.05) is 25.5 Å². The summed E-state index contributed by atoms with van der Waals surface area (Å²) in [5, 5.41) is 18.3. The number of carbonyl (C=O) groups is 1. The van der Waals surface area contributed by atoms with E-state index < -0.39 is 12.1 Å². The van der Waals surface area contributed by atoms with Crippen molar-refractivity contribution in [3.05, 3.63) is 23.5 Å². The van der Waals surface area contributed by atoms with Crippen LogP contribution in [0.25, 0.3) is 0 Å². The summed E-state index contributed by atoms with van der Waals surface area (Å²) in [6.07, 6.45) is 0.825. The average molecular weight is 224 g/mol. The van der Waals surface area contributed by atoms with Crippen LogP contribution >= 0.6 is 0 Å². The number of aliphatic hydroxyl groups is 1. The molecule has 0 spiro atoms. The van der Waals surface area contributed by atoms with Gasteiger partial charge in [0.1, 0.15) is 5.56 Å². The predicted octanol–water partition coefficient (Wildman–Crippen LogP) is 0.905. The van der Waals surface area contributed by atoms with Gasteiger partial charge in [-0.25, -0.2) is 4.79 Å². The highest BCUT2D eigenvalue weighted by molar-refractivity contribution is 5.94. The Morgan fingerprint density at radius 1 is 1.62 bits per heavy atom. The van der Waals surface area contributed by atoms with Crippen LogP contribution in [-0.4, -0.2) is 40.9 Å². The lowest BCUT2D eigenvalue weighted by Crippen LogP contribution is -2.28. The fraction of sp³-hybridized carbons (Fsp3) is 0.455. The van der Waals surface area contributed by atoms with Crippen LogP contribution in [0.2, 0.25) is 0 Å². The minimum Gasteiger partial charge on any atom is -0.478 e. The lowest BCUT2D eigenvalue weighted by molar-refractivity contribution is 0.0697. The summed E-state index contributed by atoms with van der Waals surface area (Å²) < 4.78 is 0. The van der Waals surface area contributed by atoms with Crippen LogP contribution in [0, 0.1) is 6.92 Å². The van der Waals surface area contributed by atoms with E-state index in [1.165, 1.54) is 6.20 Å². The third-order valence-electron chi connectivity index (χ3n) is 2.20. The predicted molar refractivity (Wildman–Crippen MR) is 60.9 cm³/mol. The number of aromatic carboxylic acids is 1. The summed E-state index contributed by atoms with van der Waals surface area (Å²) in [5.41, 5.74) is 1.46. The summed E-state index contributed by atoms with van der Waals surface area (Å²) in [4.78, 5) is 16.7. The van der Waals surface area contributed by atoms with Crippen LogP contribution in [0.15, 0.2) is 12.3 Å². The van der Waals surface area contributed by atoms with E-state index >= 15 is 0 Å². The number of carboxylic acid groups (broad SMARTS) is 1. The van der Waals surface area contributed by atoms with Gasteiger partial charge in [0.25, 0.3) is 0 Å². The number of anilines is 1. The van der Waals surface area contributed by atoms with Crippen molar-refractivity contribution >= 4 is 11.7 Å². The zero-order valence-electron chi connectivity index (χ0n) is 9.64. The van der Waals surface area contributed by atoms with E-state index in [0.717, 1.165) is 5.69 Å². The number of pyridine rings is 1. The second kappa shape index (κ2) is 4.94. The molecule has 1 rings (SSSR count). The highest BCUT2D eigenvalue weighted by Crippen LogP contribution is 2.19. The van der Waals surface area contributed by atoms with E-state index in [-0.39, 0.29) is 5.56 Å². The van der Waals surface area contributed by atoms with Crippen LogP contribution in [0.3, 0.4) is 0 Å². The maximum atomic E-state index is 11.0. The first-order valence-corrected chi connectivity index (χ1v) is 5.01. The molecule has 0 bridgehead atoms. The molecule has 1 unspecified atom stereocenters. The molecule has 0 saturated heterocycles. The molecule has 0 aromatic carbocycles. The van der Waals surface area contributed by atoms with E-state index in [9.17, 15) is 9.90 Å². The highest BCUT2D eigenvalue weighted by Gasteiger charge is 2.15. The normalized spacial score (nSPS) is 12.2. The molecule has 1 aromatic heterocycles. The molecule has 1 atom stereocenters. The van der Waals surface area contributed by atoms with Gasteiger partial charge in [0.15, 0.2) is 0 Å². The van der Waals surface area contributed by atoms with Gasteiger partial charge < -0.3 is 15.1 Å². The largest absolute Gasteiger partial charge is 0.478 e. The number of aliphatic hydroxyl groups excluding tert-OH is 1. The lowest BCUT2D eigenvalue weighted by atomic mass is 10.2. The van der Waals surface area contributed by atoms with Crippen molar-refractivity contribution in [2.24, 2.45) is 0 Å². The van der Waals surface area contributed by atoms with Crippen LogP contribution in [0.4, 0.5) is 5.69 Å². The molecular formula is C11H16N2O3. The first-order chi connectivity index (χ1) is 7.41. The molecule has 1 heterocycles. The van der Waals surface area contributed by atoms with Gasteiger partial charge in [0.2, 0.25) is 0 Å². The van der Waals surface area contributed by atoms with E-state index in [0.29, 0.717) is 12.2 Å². The number of aryl methyl sites for hydroxylation is 1. The van der Waals surface area contributed by atoms with Crippen molar-refractivity contribution in [2.45, 2.75) is 20.0 Å². The molecule has 16 heavy (non-hydrogen) atoms. The fourth-order valence-electron chi connectivity index (χ4n) is 1.52. The van der Waals surface area contributed by atoms with Gasteiger partial charge in [-0.3, -0.25) is 4.98 Å². The van der Waals surface area contributed by atoms with Crippen molar-refractivity contribution in [3.8, 4) is 0 Å². The van der Waals surface area contributed by atoms with Crippen LogP contribution < -0.4 is 4.90 Å². The van der Waals surface area contributed by atoms with Gasteiger partial charge in [0.05, 0.1) is 11.8 Å². The standard InChI is InChI=1S/C11H16N2O3/c1-7-4-10(13(3)6-8(2)14)9(5-12-7)11(15)16/h4-5,8,14H,6H2,1-3H3,(H,15,16). The van der Waals surface area contributed by atoms with E-state index in [4.69, 9.17) is 5.11 Å². The molecule has 0 aliphatic heterocycles. The summed E-state index contributed by atoms with van der Waals surface area (Å²) in [6, 6.07) is 1.70. The topological polar surface area (TPSA) is 73.7 Å². The quantitative estimate of drug-likeness (QED) is 0.795. The Labute approximate surface area is 94.4 Å². The molecule has 5 nitrogen and oxygen atoms in total. The smallest absolute Gasteiger partial charge is 0.339 e. The molecule has 0 saturated carbocycles. The van der Waals surface area contributed by atoms with Gasteiger partial charge in [-0.1, -0.05) is 0 Å². The van der Waals surface area contributed by atoms with E-state index in [1.807, 2.05) is 0 Å². The van der Waals surface area contributed by atoms with Crippen molar-refractivity contribution in [1.29, 1.82) is 0 Å².